The first-order valence-corrected chi connectivity index (χ1v) is 7.14. The Hall–Kier alpha value is -1.35. The van der Waals surface area contributed by atoms with Gasteiger partial charge in [-0.3, -0.25) is 4.79 Å². The van der Waals surface area contributed by atoms with E-state index in [1.165, 1.54) is 6.42 Å². The van der Waals surface area contributed by atoms with Crippen LogP contribution in [0.15, 0.2) is 30.3 Å². The highest BCUT2D eigenvalue weighted by molar-refractivity contribution is 5.87. The summed E-state index contributed by atoms with van der Waals surface area (Å²) in [6.45, 7) is 3.93. The Morgan fingerprint density at radius 2 is 1.84 bits per heavy atom. The first-order valence-electron chi connectivity index (χ1n) is 7.14. The normalized spacial score (nSPS) is 23.9. The quantitative estimate of drug-likeness (QED) is 0.876. The topological polar surface area (TPSA) is 55.1 Å². The van der Waals surface area contributed by atoms with Crippen LogP contribution >= 0.6 is 0 Å². The Bertz CT molecular complexity index is 428. The van der Waals surface area contributed by atoms with Crippen molar-refractivity contribution in [2.75, 3.05) is 0 Å². The van der Waals surface area contributed by atoms with E-state index >= 15 is 0 Å². The van der Waals surface area contributed by atoms with E-state index in [1.54, 1.807) is 0 Å². The summed E-state index contributed by atoms with van der Waals surface area (Å²) in [6.07, 6.45) is 4.34. The van der Waals surface area contributed by atoms with Gasteiger partial charge in [0.25, 0.3) is 0 Å². The third kappa shape index (κ3) is 3.16. The molecule has 0 bridgehead atoms. The molecule has 0 spiro atoms. The van der Waals surface area contributed by atoms with Gasteiger partial charge in [-0.25, -0.2) is 0 Å². The van der Waals surface area contributed by atoms with Gasteiger partial charge in [-0.2, -0.15) is 0 Å². The molecule has 3 nitrogen and oxygen atoms in total. The second kappa shape index (κ2) is 5.74. The van der Waals surface area contributed by atoms with Crippen molar-refractivity contribution in [1.29, 1.82) is 0 Å². The Balaban J connectivity index is 2.06. The highest BCUT2D eigenvalue weighted by atomic mass is 16.2. The zero-order chi connectivity index (χ0) is 13.9. The number of hydrogen-bond donors (Lipinski definition) is 2. The molecule has 0 radical (unpaired) electrons. The predicted octanol–water partition coefficient (Wildman–Crippen LogP) is 2.35. The fourth-order valence-corrected chi connectivity index (χ4v) is 2.67. The van der Waals surface area contributed by atoms with Crippen LogP contribution in [0.2, 0.25) is 0 Å². The van der Waals surface area contributed by atoms with Gasteiger partial charge in [0.05, 0.1) is 5.41 Å². The molecule has 2 unspecified atom stereocenters. The summed E-state index contributed by atoms with van der Waals surface area (Å²) in [5.74, 6) is 0.0704. The molecule has 1 aromatic rings. The van der Waals surface area contributed by atoms with Crippen molar-refractivity contribution >= 4 is 5.91 Å². The molecule has 3 N–H and O–H groups in total. The summed E-state index contributed by atoms with van der Waals surface area (Å²) in [7, 11) is 0. The van der Waals surface area contributed by atoms with Crippen LogP contribution in [0.5, 0.6) is 0 Å². The van der Waals surface area contributed by atoms with Gasteiger partial charge in [0.2, 0.25) is 5.91 Å². The minimum Gasteiger partial charge on any atom is -0.351 e. The van der Waals surface area contributed by atoms with Crippen LogP contribution in [0, 0.1) is 0 Å². The Morgan fingerprint density at radius 1 is 1.21 bits per heavy atom. The predicted molar refractivity (Wildman–Crippen MR) is 77.8 cm³/mol. The molecule has 0 aliphatic heterocycles. The van der Waals surface area contributed by atoms with E-state index in [0.717, 1.165) is 24.8 Å². The fourth-order valence-electron chi connectivity index (χ4n) is 2.67. The zero-order valence-corrected chi connectivity index (χ0v) is 11.9. The van der Waals surface area contributed by atoms with Gasteiger partial charge in [0.15, 0.2) is 0 Å². The molecule has 2 rings (SSSR count). The van der Waals surface area contributed by atoms with Crippen LogP contribution in [0.1, 0.15) is 45.1 Å². The van der Waals surface area contributed by atoms with Crippen molar-refractivity contribution in [3.05, 3.63) is 35.9 Å². The van der Waals surface area contributed by atoms with Crippen molar-refractivity contribution < 1.29 is 4.79 Å². The van der Waals surface area contributed by atoms with Crippen LogP contribution in [0.4, 0.5) is 0 Å². The minimum absolute atomic E-state index is 0.0704. The first kappa shape index (κ1) is 14.1. The highest BCUT2D eigenvalue weighted by Gasteiger charge is 2.33. The van der Waals surface area contributed by atoms with E-state index in [0.29, 0.717) is 0 Å². The number of nitrogens with one attached hydrogen (secondary N) is 1. The van der Waals surface area contributed by atoms with Crippen molar-refractivity contribution in [3.8, 4) is 0 Å². The molecule has 0 heterocycles. The van der Waals surface area contributed by atoms with Gasteiger partial charge in [0.1, 0.15) is 0 Å². The number of rotatable bonds is 3. The molecule has 19 heavy (non-hydrogen) atoms. The smallest absolute Gasteiger partial charge is 0.230 e. The monoisotopic (exact) mass is 260 g/mol. The molecule has 1 saturated carbocycles. The van der Waals surface area contributed by atoms with Gasteiger partial charge in [0, 0.05) is 12.1 Å². The summed E-state index contributed by atoms with van der Waals surface area (Å²) in [4.78, 5) is 12.5. The molecular formula is C16H24N2O. The van der Waals surface area contributed by atoms with Gasteiger partial charge in [-0.15, -0.1) is 0 Å². The van der Waals surface area contributed by atoms with Crippen LogP contribution in [-0.4, -0.2) is 18.0 Å². The van der Waals surface area contributed by atoms with Crippen LogP contribution in [-0.2, 0) is 10.2 Å². The van der Waals surface area contributed by atoms with Crippen molar-refractivity contribution in [2.45, 2.75) is 57.0 Å². The summed E-state index contributed by atoms with van der Waals surface area (Å²) in [6, 6.07) is 10.1. The maximum absolute atomic E-state index is 12.5. The first-order chi connectivity index (χ1) is 9.01. The number of amides is 1. The van der Waals surface area contributed by atoms with E-state index in [2.05, 4.69) is 5.32 Å². The average Bonchev–Trinajstić information content (AvgIpc) is 2.42. The lowest BCUT2D eigenvalue weighted by Gasteiger charge is -2.33. The second-order valence-corrected chi connectivity index (χ2v) is 6.02. The van der Waals surface area contributed by atoms with Gasteiger partial charge < -0.3 is 11.1 Å². The summed E-state index contributed by atoms with van der Waals surface area (Å²) in [5.41, 5.74) is 6.62. The number of carbonyl (C=O) groups excluding carboxylic acids is 1. The second-order valence-electron chi connectivity index (χ2n) is 6.02. The molecule has 1 aromatic carbocycles. The van der Waals surface area contributed by atoms with E-state index in [-0.39, 0.29) is 18.0 Å². The molecule has 3 heteroatoms. The maximum Gasteiger partial charge on any atom is 0.230 e. The molecule has 1 fully saturated rings. The molecule has 1 amide bonds. The van der Waals surface area contributed by atoms with Crippen molar-refractivity contribution in [2.24, 2.45) is 5.73 Å². The minimum atomic E-state index is -0.515. The highest BCUT2D eigenvalue weighted by Crippen LogP contribution is 2.24. The van der Waals surface area contributed by atoms with Gasteiger partial charge >= 0.3 is 0 Å². The van der Waals surface area contributed by atoms with E-state index in [4.69, 9.17) is 5.73 Å². The Kier molecular flexibility index (Phi) is 4.25. The average molecular weight is 260 g/mol. The lowest BCUT2D eigenvalue weighted by molar-refractivity contribution is -0.126. The summed E-state index contributed by atoms with van der Waals surface area (Å²) in [5, 5.41) is 3.14. The zero-order valence-electron chi connectivity index (χ0n) is 11.9. The Morgan fingerprint density at radius 3 is 2.47 bits per heavy atom. The maximum atomic E-state index is 12.5. The van der Waals surface area contributed by atoms with Crippen LogP contribution in [0.25, 0.3) is 0 Å². The number of nitrogens with two attached hydrogens (primary N) is 1. The molecule has 1 aliphatic rings. The Labute approximate surface area is 115 Å². The molecule has 0 saturated heterocycles. The third-order valence-corrected chi connectivity index (χ3v) is 4.20. The van der Waals surface area contributed by atoms with E-state index < -0.39 is 5.41 Å². The van der Waals surface area contributed by atoms with Crippen LogP contribution in [0.3, 0.4) is 0 Å². The molecular weight excluding hydrogens is 236 g/mol. The molecule has 1 aliphatic carbocycles. The van der Waals surface area contributed by atoms with Gasteiger partial charge in [-0.1, -0.05) is 43.2 Å². The molecule has 0 aromatic heterocycles. The van der Waals surface area contributed by atoms with Crippen molar-refractivity contribution in [1.82, 2.24) is 5.32 Å². The lowest BCUT2D eigenvalue weighted by Crippen LogP contribution is -2.53. The largest absolute Gasteiger partial charge is 0.351 e. The van der Waals surface area contributed by atoms with E-state index in [9.17, 15) is 4.79 Å². The SMILES string of the molecule is CC(C)(C(=O)NC1CCCCC1N)c1ccccc1. The van der Waals surface area contributed by atoms with Gasteiger partial charge in [-0.05, 0) is 32.3 Å². The van der Waals surface area contributed by atoms with E-state index in [1.807, 2.05) is 44.2 Å². The summed E-state index contributed by atoms with van der Waals surface area (Å²) < 4.78 is 0. The fraction of sp³-hybridized carbons (Fsp3) is 0.562. The van der Waals surface area contributed by atoms with Crippen molar-refractivity contribution in [3.63, 3.8) is 0 Å². The third-order valence-electron chi connectivity index (χ3n) is 4.20. The standard InChI is InChI=1S/C16H24N2O/c1-16(2,12-8-4-3-5-9-12)15(19)18-14-11-7-6-10-13(14)17/h3-5,8-9,13-14H,6-7,10-11,17H2,1-2H3,(H,18,19). The number of benzene rings is 1. The molecule has 2 atom stereocenters. The number of hydrogen-bond acceptors (Lipinski definition) is 2. The lowest BCUT2D eigenvalue weighted by atomic mass is 9.82. The van der Waals surface area contributed by atoms with Crippen LogP contribution < -0.4 is 11.1 Å². The number of carbonyl (C=O) groups is 1. The summed E-state index contributed by atoms with van der Waals surface area (Å²) >= 11 is 0. The molecule has 104 valence electrons.